The van der Waals surface area contributed by atoms with Crippen LogP contribution in [0.25, 0.3) is 0 Å². The van der Waals surface area contributed by atoms with E-state index in [2.05, 4.69) is 10.6 Å². The highest BCUT2D eigenvalue weighted by molar-refractivity contribution is 6.30. The van der Waals surface area contributed by atoms with Gasteiger partial charge in [0.15, 0.2) is 6.10 Å². The molecule has 1 aliphatic heterocycles. The smallest absolute Gasteiger partial charge is 0.321 e. The largest absolute Gasteiger partial charge is 0.492 e. The lowest BCUT2D eigenvalue weighted by molar-refractivity contribution is -0.159. The summed E-state index contributed by atoms with van der Waals surface area (Å²) >= 11 is 5.95. The Morgan fingerprint density at radius 2 is 2.00 bits per heavy atom. The molecular formula is C17H21ClN2O5. The van der Waals surface area contributed by atoms with E-state index < -0.39 is 29.9 Å². The Morgan fingerprint density at radius 3 is 2.68 bits per heavy atom. The predicted octanol–water partition coefficient (Wildman–Crippen LogP) is 2.06. The SMILES string of the molecule is CC(C)NC(=O)NC(=O)C(C)OC(=O)C1COc2ccc(Cl)cc2C1. The second-order valence-corrected chi connectivity index (χ2v) is 6.60. The van der Waals surface area contributed by atoms with Crippen molar-refractivity contribution in [1.82, 2.24) is 10.6 Å². The van der Waals surface area contributed by atoms with E-state index in [1.165, 1.54) is 6.92 Å². The van der Waals surface area contributed by atoms with Crippen molar-refractivity contribution in [3.63, 3.8) is 0 Å². The Bertz CT molecular complexity index is 677. The maximum atomic E-state index is 12.3. The molecule has 0 spiro atoms. The first-order valence-corrected chi connectivity index (χ1v) is 8.37. The molecule has 0 aliphatic carbocycles. The van der Waals surface area contributed by atoms with Gasteiger partial charge >= 0.3 is 12.0 Å². The Labute approximate surface area is 151 Å². The number of carbonyl (C=O) groups is 3. The van der Waals surface area contributed by atoms with E-state index in [9.17, 15) is 14.4 Å². The molecule has 8 heteroatoms. The van der Waals surface area contributed by atoms with Gasteiger partial charge < -0.3 is 14.8 Å². The summed E-state index contributed by atoms with van der Waals surface area (Å²) < 4.78 is 10.7. The van der Waals surface area contributed by atoms with E-state index in [0.29, 0.717) is 17.2 Å². The average Bonchev–Trinajstić information content (AvgIpc) is 2.52. The number of hydrogen-bond donors (Lipinski definition) is 2. The standard InChI is InChI=1S/C17H21ClN2O5/c1-9(2)19-17(23)20-15(21)10(3)25-16(22)12-6-11-7-13(18)4-5-14(11)24-8-12/h4-5,7,9-10,12H,6,8H2,1-3H3,(H2,19,20,21,23). The van der Waals surface area contributed by atoms with Crippen LogP contribution in [0.4, 0.5) is 4.79 Å². The van der Waals surface area contributed by atoms with E-state index in [1.807, 2.05) is 0 Å². The predicted molar refractivity (Wildman–Crippen MR) is 91.5 cm³/mol. The van der Waals surface area contributed by atoms with Crippen molar-refractivity contribution in [2.45, 2.75) is 39.3 Å². The molecule has 0 fully saturated rings. The van der Waals surface area contributed by atoms with Crippen LogP contribution in [-0.4, -0.2) is 36.7 Å². The van der Waals surface area contributed by atoms with Gasteiger partial charge in [0, 0.05) is 11.1 Å². The molecule has 1 heterocycles. The fourth-order valence-corrected chi connectivity index (χ4v) is 2.54. The highest BCUT2D eigenvalue weighted by atomic mass is 35.5. The normalized spacial score (nSPS) is 17.1. The van der Waals surface area contributed by atoms with Crippen LogP contribution < -0.4 is 15.4 Å². The number of carbonyl (C=O) groups excluding carboxylic acids is 3. The second-order valence-electron chi connectivity index (χ2n) is 6.16. The van der Waals surface area contributed by atoms with Crippen LogP contribution in [-0.2, 0) is 20.7 Å². The van der Waals surface area contributed by atoms with Gasteiger partial charge in [0.1, 0.15) is 12.4 Å². The van der Waals surface area contributed by atoms with Crippen LogP contribution in [0, 0.1) is 5.92 Å². The number of imide groups is 1. The molecule has 0 bridgehead atoms. The molecule has 136 valence electrons. The summed E-state index contributed by atoms with van der Waals surface area (Å²) in [6.45, 7) is 5.10. The zero-order valence-corrected chi connectivity index (χ0v) is 15.1. The maximum absolute atomic E-state index is 12.3. The zero-order valence-electron chi connectivity index (χ0n) is 14.3. The molecule has 2 atom stereocenters. The second kappa shape index (κ2) is 8.20. The lowest BCUT2D eigenvalue weighted by Crippen LogP contribution is -2.47. The van der Waals surface area contributed by atoms with Gasteiger partial charge in [0.05, 0.1) is 5.92 Å². The van der Waals surface area contributed by atoms with Gasteiger partial charge in [-0.2, -0.15) is 0 Å². The highest BCUT2D eigenvalue weighted by Crippen LogP contribution is 2.30. The van der Waals surface area contributed by atoms with Crippen molar-refractivity contribution in [2.24, 2.45) is 5.92 Å². The lowest BCUT2D eigenvalue weighted by Gasteiger charge is -2.25. The summed E-state index contributed by atoms with van der Waals surface area (Å²) in [5.41, 5.74) is 0.814. The summed E-state index contributed by atoms with van der Waals surface area (Å²) in [7, 11) is 0. The number of amides is 3. The molecule has 0 radical (unpaired) electrons. The molecular weight excluding hydrogens is 348 g/mol. The van der Waals surface area contributed by atoms with Crippen molar-refractivity contribution in [3.05, 3.63) is 28.8 Å². The molecule has 1 aromatic rings. The van der Waals surface area contributed by atoms with E-state index in [-0.39, 0.29) is 12.6 Å². The molecule has 1 aromatic carbocycles. The van der Waals surface area contributed by atoms with Gasteiger partial charge in [-0.1, -0.05) is 11.6 Å². The maximum Gasteiger partial charge on any atom is 0.321 e. The van der Waals surface area contributed by atoms with Crippen LogP contribution in [0.15, 0.2) is 18.2 Å². The summed E-state index contributed by atoms with van der Waals surface area (Å²) in [4.78, 5) is 35.7. The Balaban J connectivity index is 1.89. The van der Waals surface area contributed by atoms with Crippen molar-refractivity contribution < 1.29 is 23.9 Å². The molecule has 3 amide bonds. The van der Waals surface area contributed by atoms with Crippen LogP contribution in [0.5, 0.6) is 5.75 Å². The number of halogens is 1. The van der Waals surface area contributed by atoms with Crippen LogP contribution in [0.2, 0.25) is 5.02 Å². The number of benzene rings is 1. The lowest BCUT2D eigenvalue weighted by atomic mass is 9.97. The highest BCUT2D eigenvalue weighted by Gasteiger charge is 2.30. The molecule has 1 aliphatic rings. The van der Waals surface area contributed by atoms with Crippen molar-refractivity contribution >= 4 is 29.5 Å². The van der Waals surface area contributed by atoms with Crippen LogP contribution >= 0.6 is 11.6 Å². The molecule has 7 nitrogen and oxygen atoms in total. The van der Waals surface area contributed by atoms with Crippen molar-refractivity contribution in [1.29, 1.82) is 0 Å². The summed E-state index contributed by atoms with van der Waals surface area (Å²) in [5.74, 6) is -1.10. The summed E-state index contributed by atoms with van der Waals surface area (Å²) in [6, 6.07) is 4.46. The van der Waals surface area contributed by atoms with E-state index in [1.54, 1.807) is 32.0 Å². The minimum absolute atomic E-state index is 0.114. The number of esters is 1. The molecule has 2 N–H and O–H groups in total. The number of ether oxygens (including phenoxy) is 2. The number of hydrogen-bond acceptors (Lipinski definition) is 5. The monoisotopic (exact) mass is 368 g/mol. The number of urea groups is 1. The van der Waals surface area contributed by atoms with Crippen LogP contribution in [0.1, 0.15) is 26.3 Å². The Kier molecular flexibility index (Phi) is 6.25. The van der Waals surface area contributed by atoms with Crippen molar-refractivity contribution in [2.75, 3.05) is 6.61 Å². The first-order valence-electron chi connectivity index (χ1n) is 7.99. The third kappa shape index (κ3) is 5.35. The third-order valence-electron chi connectivity index (χ3n) is 3.58. The third-order valence-corrected chi connectivity index (χ3v) is 3.82. The topological polar surface area (TPSA) is 93.7 Å². The number of rotatable bonds is 4. The molecule has 0 aromatic heterocycles. The van der Waals surface area contributed by atoms with E-state index in [4.69, 9.17) is 21.1 Å². The minimum Gasteiger partial charge on any atom is -0.492 e. The first-order chi connectivity index (χ1) is 11.8. The molecule has 2 rings (SSSR count). The van der Waals surface area contributed by atoms with Gasteiger partial charge in [-0.15, -0.1) is 0 Å². The van der Waals surface area contributed by atoms with E-state index in [0.717, 1.165) is 5.56 Å². The number of nitrogens with one attached hydrogen (secondary N) is 2. The molecule has 0 saturated carbocycles. The van der Waals surface area contributed by atoms with Gasteiger partial charge in [0.2, 0.25) is 0 Å². The minimum atomic E-state index is -1.09. The number of fused-ring (bicyclic) bond motifs is 1. The first kappa shape index (κ1) is 19.1. The van der Waals surface area contributed by atoms with Gasteiger partial charge in [-0.3, -0.25) is 14.9 Å². The van der Waals surface area contributed by atoms with Gasteiger partial charge in [-0.05, 0) is 51.0 Å². The summed E-state index contributed by atoms with van der Waals surface area (Å²) in [6.07, 6.45) is -0.678. The fraction of sp³-hybridized carbons (Fsp3) is 0.471. The van der Waals surface area contributed by atoms with E-state index >= 15 is 0 Å². The van der Waals surface area contributed by atoms with Gasteiger partial charge in [-0.25, -0.2) is 4.79 Å². The average molecular weight is 369 g/mol. The quantitative estimate of drug-likeness (QED) is 0.793. The van der Waals surface area contributed by atoms with Crippen molar-refractivity contribution in [3.8, 4) is 5.75 Å². The fourth-order valence-electron chi connectivity index (χ4n) is 2.35. The Morgan fingerprint density at radius 1 is 1.28 bits per heavy atom. The molecule has 2 unspecified atom stereocenters. The molecule has 25 heavy (non-hydrogen) atoms. The summed E-state index contributed by atoms with van der Waals surface area (Å²) in [5, 5.41) is 5.20. The Hall–Kier alpha value is -2.28. The van der Waals surface area contributed by atoms with Gasteiger partial charge in [0.25, 0.3) is 5.91 Å². The van der Waals surface area contributed by atoms with Crippen LogP contribution in [0.3, 0.4) is 0 Å². The zero-order chi connectivity index (χ0) is 18.6. The molecule has 0 saturated heterocycles.